The van der Waals surface area contributed by atoms with E-state index in [-0.39, 0.29) is 28.4 Å². The molecule has 3 aliphatic heterocycles. The average Bonchev–Trinajstić information content (AvgIpc) is 3.16. The number of phenols is 2. The van der Waals surface area contributed by atoms with E-state index in [1.807, 2.05) is 0 Å². The van der Waals surface area contributed by atoms with Gasteiger partial charge in [-0.15, -0.1) is 0 Å². The van der Waals surface area contributed by atoms with Gasteiger partial charge in [0.25, 0.3) is 0 Å². The number of aliphatic hydroxyl groups is 10. The van der Waals surface area contributed by atoms with Crippen molar-refractivity contribution in [2.45, 2.75) is 99.0 Å². The third-order valence-electron chi connectivity index (χ3n) is 9.61. The Labute approximate surface area is 309 Å². The second-order valence-corrected chi connectivity index (χ2v) is 13.2. The van der Waals surface area contributed by atoms with E-state index in [0.717, 1.165) is 12.1 Å². The molecule has 3 saturated heterocycles. The average molecular weight is 787 g/mol. The van der Waals surface area contributed by atoms with E-state index in [0.29, 0.717) is 0 Å². The fourth-order valence-corrected chi connectivity index (χ4v) is 6.43. The highest BCUT2D eigenvalue weighted by molar-refractivity contribution is 5.88. The van der Waals surface area contributed by atoms with Gasteiger partial charge in [0.05, 0.1) is 26.4 Å². The number of methoxy groups -OCH3 is 1. The van der Waals surface area contributed by atoms with Crippen LogP contribution in [0.2, 0.25) is 0 Å². The van der Waals surface area contributed by atoms with Crippen LogP contribution in [-0.4, -0.2) is 174 Å². The molecule has 0 spiro atoms. The van der Waals surface area contributed by atoms with Gasteiger partial charge >= 0.3 is 0 Å². The molecule has 15 atom stereocenters. The van der Waals surface area contributed by atoms with Crippen LogP contribution in [0.1, 0.15) is 6.92 Å². The lowest BCUT2D eigenvalue weighted by Gasteiger charge is -2.45. The first-order valence-electron chi connectivity index (χ1n) is 16.9. The summed E-state index contributed by atoms with van der Waals surface area (Å²) < 4.78 is 45.2. The Morgan fingerprint density at radius 1 is 0.673 bits per heavy atom. The maximum absolute atomic E-state index is 14.3. The van der Waals surface area contributed by atoms with Crippen molar-refractivity contribution in [3.63, 3.8) is 0 Å². The smallest absolute Gasteiger partial charge is 0.239 e. The Bertz CT molecular complexity index is 1870. The summed E-state index contributed by atoms with van der Waals surface area (Å²) in [5, 5.41) is 124. The Kier molecular flexibility index (Phi) is 12.1. The summed E-state index contributed by atoms with van der Waals surface area (Å²) in [5.41, 5.74) is -1.46. The van der Waals surface area contributed by atoms with Gasteiger partial charge in [-0.3, -0.25) is 4.79 Å². The van der Waals surface area contributed by atoms with Crippen LogP contribution >= 0.6 is 0 Å². The van der Waals surface area contributed by atoms with Crippen molar-refractivity contribution in [1.29, 1.82) is 0 Å². The molecule has 0 unspecified atom stereocenters. The third kappa shape index (κ3) is 7.65. The number of hydrogen-bond acceptors (Lipinski definition) is 21. The van der Waals surface area contributed by atoms with E-state index in [1.165, 1.54) is 32.2 Å². The summed E-state index contributed by atoms with van der Waals surface area (Å²) in [6.45, 7) is -0.267. The van der Waals surface area contributed by atoms with Crippen LogP contribution in [0.25, 0.3) is 22.3 Å². The second-order valence-electron chi connectivity index (χ2n) is 13.2. The molecule has 0 aliphatic carbocycles. The minimum atomic E-state index is -1.97. The highest BCUT2D eigenvalue weighted by atomic mass is 16.8. The zero-order valence-corrected chi connectivity index (χ0v) is 29.0. The lowest BCUT2D eigenvalue weighted by Crippen LogP contribution is -2.64. The molecule has 3 aliphatic rings. The number of hydrogen-bond donors (Lipinski definition) is 12. The number of ether oxygens (including phenoxy) is 7. The van der Waals surface area contributed by atoms with Crippen molar-refractivity contribution < 1.29 is 98.9 Å². The van der Waals surface area contributed by atoms with Crippen molar-refractivity contribution >= 4 is 11.0 Å². The molecule has 55 heavy (non-hydrogen) atoms. The first kappa shape index (κ1) is 40.7. The topological polar surface area (TPSA) is 338 Å². The molecular formula is C34H42O21. The molecule has 3 fully saturated rings. The molecule has 0 bridgehead atoms. The highest BCUT2D eigenvalue weighted by Crippen LogP contribution is 2.41. The molecule has 304 valence electrons. The normalized spacial score (nSPS) is 36.8. The lowest BCUT2D eigenvalue weighted by atomic mass is 9.97. The van der Waals surface area contributed by atoms with Crippen molar-refractivity contribution in [3.05, 3.63) is 40.6 Å². The molecule has 4 heterocycles. The van der Waals surface area contributed by atoms with Gasteiger partial charge in [-0.1, -0.05) is 0 Å². The predicted molar refractivity (Wildman–Crippen MR) is 178 cm³/mol. The second kappa shape index (κ2) is 16.3. The lowest BCUT2D eigenvalue weighted by molar-refractivity contribution is -0.354. The molecule has 21 heteroatoms. The molecule has 0 saturated carbocycles. The van der Waals surface area contributed by atoms with E-state index in [1.54, 1.807) is 0 Å². The molecule has 1 aromatic heterocycles. The van der Waals surface area contributed by atoms with E-state index >= 15 is 0 Å². The SMILES string of the molecule is COc1cc(-c2oc3cc(O[C@@H]4O[C@H](CO)[C@H](O)[C@H](O)[C@H]4O)cc(O)c3c(=O)c2O[C@@H]2O[C@@H](CO)[C@@H](O)[C@H](O)[C@@H]2O[C@@H]2O[C@H](C)[C@H](O)[C@@H](O)[C@@H]2O)ccc1O. The molecule has 12 N–H and O–H groups in total. The Balaban J connectivity index is 1.44. The van der Waals surface area contributed by atoms with E-state index in [2.05, 4.69) is 0 Å². The Morgan fingerprint density at radius 2 is 1.29 bits per heavy atom. The van der Waals surface area contributed by atoms with Crippen molar-refractivity contribution in [1.82, 2.24) is 0 Å². The molecule has 2 aromatic carbocycles. The largest absolute Gasteiger partial charge is 0.507 e. The van der Waals surface area contributed by atoms with Crippen LogP contribution in [-0.2, 0) is 18.9 Å². The van der Waals surface area contributed by atoms with Crippen LogP contribution in [0, 0.1) is 0 Å². The molecule has 3 aromatic rings. The van der Waals surface area contributed by atoms with Crippen LogP contribution in [0.4, 0.5) is 0 Å². The standard InChI is InChI=1S/C34H42O21/c1-10-20(39)24(43)27(46)32(49-10)55-31-26(45)22(41)18(9-36)53-34(31)54-30-23(42)19-14(38)6-12(50-33-28(47)25(44)21(40)17(8-35)52-33)7-16(19)51-29(30)11-3-4-13(37)15(5-11)48-2/h3-7,10,17-18,20-22,24-28,31-41,43-47H,8-9H2,1-2H3/t10-,17-,18+,20+,21+,22-,24-,25+,26+,27+,28-,31+,32+,33-,34+/m1/s1. The third-order valence-corrected chi connectivity index (χ3v) is 9.61. The molecule has 0 radical (unpaired) electrons. The Morgan fingerprint density at radius 3 is 1.95 bits per heavy atom. The quantitative estimate of drug-likeness (QED) is 0.0934. The fraction of sp³-hybridized carbons (Fsp3) is 0.559. The van der Waals surface area contributed by atoms with Crippen molar-refractivity contribution in [2.24, 2.45) is 0 Å². The maximum Gasteiger partial charge on any atom is 0.239 e. The van der Waals surface area contributed by atoms with Crippen molar-refractivity contribution in [2.75, 3.05) is 20.3 Å². The minimum Gasteiger partial charge on any atom is -0.507 e. The van der Waals surface area contributed by atoms with Gasteiger partial charge in [0.15, 0.2) is 29.7 Å². The van der Waals surface area contributed by atoms with E-state index < -0.39 is 133 Å². The van der Waals surface area contributed by atoms with Gasteiger partial charge in [0.1, 0.15) is 83.5 Å². The Hall–Kier alpha value is -3.91. The highest BCUT2D eigenvalue weighted by Gasteiger charge is 2.51. The van der Waals surface area contributed by atoms with E-state index in [4.69, 9.17) is 37.6 Å². The number of aliphatic hydroxyl groups excluding tert-OH is 10. The predicted octanol–water partition coefficient (Wildman–Crippen LogP) is -3.91. The number of fused-ring (bicyclic) bond motifs is 1. The zero-order valence-electron chi connectivity index (χ0n) is 29.0. The van der Waals surface area contributed by atoms with E-state index in [9.17, 15) is 66.1 Å². The van der Waals surface area contributed by atoms with Crippen LogP contribution in [0.3, 0.4) is 0 Å². The number of benzene rings is 2. The molecule has 21 nitrogen and oxygen atoms in total. The van der Waals surface area contributed by atoms with Crippen LogP contribution < -0.4 is 19.6 Å². The molecule has 0 amide bonds. The zero-order chi connectivity index (χ0) is 40.0. The number of aromatic hydroxyl groups is 2. The fourth-order valence-electron chi connectivity index (χ4n) is 6.43. The molecular weight excluding hydrogens is 744 g/mol. The van der Waals surface area contributed by atoms with Crippen LogP contribution in [0.15, 0.2) is 39.5 Å². The first-order chi connectivity index (χ1) is 26.1. The van der Waals surface area contributed by atoms with Crippen LogP contribution in [0.5, 0.6) is 28.7 Å². The molecule has 6 rings (SSSR count). The number of phenolic OH excluding ortho intramolecular Hbond substituents is 2. The van der Waals surface area contributed by atoms with Gasteiger partial charge in [-0.2, -0.15) is 0 Å². The summed E-state index contributed by atoms with van der Waals surface area (Å²) in [7, 11) is 1.24. The minimum absolute atomic E-state index is 0.00735. The van der Waals surface area contributed by atoms with Gasteiger partial charge in [0, 0.05) is 17.7 Å². The summed E-state index contributed by atoms with van der Waals surface area (Å²) in [5.74, 6) is -2.65. The monoisotopic (exact) mass is 786 g/mol. The van der Waals surface area contributed by atoms with Gasteiger partial charge in [-0.25, -0.2) is 0 Å². The van der Waals surface area contributed by atoms with Gasteiger partial charge < -0.3 is 98.9 Å². The van der Waals surface area contributed by atoms with Gasteiger partial charge in [-0.05, 0) is 25.1 Å². The first-order valence-corrected chi connectivity index (χ1v) is 16.9. The van der Waals surface area contributed by atoms with Gasteiger partial charge in [0.2, 0.25) is 23.8 Å². The summed E-state index contributed by atoms with van der Waals surface area (Å²) >= 11 is 0. The summed E-state index contributed by atoms with van der Waals surface area (Å²) in [4.78, 5) is 14.3. The summed E-state index contributed by atoms with van der Waals surface area (Å²) in [6, 6.07) is 5.73. The maximum atomic E-state index is 14.3. The van der Waals surface area contributed by atoms with Crippen molar-refractivity contribution in [3.8, 4) is 40.1 Å². The number of rotatable bonds is 10. The summed E-state index contributed by atoms with van der Waals surface area (Å²) in [6.07, 6.45) is -25.5.